The predicted octanol–water partition coefficient (Wildman–Crippen LogP) is 0.0519. The van der Waals surface area contributed by atoms with Gasteiger partial charge in [0.1, 0.15) is 0 Å². The van der Waals surface area contributed by atoms with E-state index in [4.69, 9.17) is 0 Å². The Labute approximate surface area is 114 Å². The number of hydrogen-bond acceptors (Lipinski definition) is 4. The van der Waals surface area contributed by atoms with Crippen LogP contribution in [0.2, 0.25) is 0 Å². The first-order valence-electron chi connectivity index (χ1n) is 6.71. The highest BCUT2D eigenvalue weighted by molar-refractivity contribution is 5.85. The van der Waals surface area contributed by atoms with E-state index in [9.17, 15) is 4.79 Å². The zero-order chi connectivity index (χ0) is 13.9. The highest BCUT2D eigenvalue weighted by Gasteiger charge is 2.37. The fraction of sp³-hybridized carbons (Fsp3) is 0.692. The summed E-state index contributed by atoms with van der Waals surface area (Å²) in [6.07, 6.45) is 3.57. The van der Waals surface area contributed by atoms with Crippen LogP contribution in [-0.2, 0) is 11.3 Å². The van der Waals surface area contributed by atoms with Gasteiger partial charge in [0.2, 0.25) is 5.91 Å². The quantitative estimate of drug-likeness (QED) is 0.807. The topological polar surface area (TPSA) is 64.3 Å². The highest BCUT2D eigenvalue weighted by Crippen LogP contribution is 2.18. The first-order chi connectivity index (χ1) is 9.01. The minimum Gasteiger partial charge on any atom is -0.340 e. The van der Waals surface area contributed by atoms with E-state index in [1.807, 2.05) is 27.1 Å². The summed E-state index contributed by atoms with van der Waals surface area (Å²) in [4.78, 5) is 16.6. The minimum absolute atomic E-state index is 0.149. The molecular weight excluding hydrogens is 242 g/mol. The number of aromatic nitrogens is 2. The lowest BCUT2D eigenvalue weighted by Gasteiger charge is -2.41. The van der Waals surface area contributed by atoms with E-state index in [2.05, 4.69) is 20.4 Å². The number of hydrogen-bond donors (Lipinski definition) is 2. The summed E-state index contributed by atoms with van der Waals surface area (Å²) in [5.74, 6) is 0.149. The van der Waals surface area contributed by atoms with Gasteiger partial charge in [0.25, 0.3) is 0 Å². The summed E-state index contributed by atoms with van der Waals surface area (Å²) < 4.78 is 0. The first-order valence-corrected chi connectivity index (χ1v) is 6.71. The average Bonchev–Trinajstić information content (AvgIpc) is 2.91. The normalized spacial score (nSPS) is 17.4. The summed E-state index contributed by atoms with van der Waals surface area (Å²) in [5.41, 5.74) is 0.563. The summed E-state index contributed by atoms with van der Waals surface area (Å²) in [6, 6.07) is 0. The molecule has 6 heteroatoms. The molecule has 0 radical (unpaired) electrons. The van der Waals surface area contributed by atoms with Gasteiger partial charge < -0.3 is 10.2 Å². The van der Waals surface area contributed by atoms with E-state index in [0.29, 0.717) is 6.54 Å². The summed E-state index contributed by atoms with van der Waals surface area (Å²) in [6.45, 7) is 8.32. The Kier molecular flexibility index (Phi) is 4.21. The third-order valence-electron chi connectivity index (χ3n) is 3.75. The molecule has 1 aliphatic heterocycles. The van der Waals surface area contributed by atoms with Crippen molar-refractivity contribution in [3.05, 3.63) is 18.0 Å². The van der Waals surface area contributed by atoms with Crippen LogP contribution >= 0.6 is 0 Å². The van der Waals surface area contributed by atoms with Crippen LogP contribution in [0.3, 0.4) is 0 Å². The molecule has 2 rings (SSSR count). The number of carbonyl (C=O) groups is 1. The van der Waals surface area contributed by atoms with Crippen molar-refractivity contribution in [3.8, 4) is 0 Å². The van der Waals surface area contributed by atoms with Gasteiger partial charge in [-0.25, -0.2) is 0 Å². The van der Waals surface area contributed by atoms with Crippen LogP contribution in [0.5, 0.6) is 0 Å². The molecule has 2 N–H and O–H groups in total. The minimum atomic E-state index is -0.458. The molecule has 1 fully saturated rings. The largest absolute Gasteiger partial charge is 0.340 e. The molecule has 0 unspecified atom stereocenters. The lowest BCUT2D eigenvalue weighted by molar-refractivity contribution is -0.142. The molecular formula is C13H23N5O. The van der Waals surface area contributed by atoms with Crippen molar-refractivity contribution in [2.45, 2.75) is 25.9 Å². The molecule has 1 saturated heterocycles. The fourth-order valence-electron chi connectivity index (χ4n) is 2.54. The van der Waals surface area contributed by atoms with E-state index >= 15 is 0 Å². The van der Waals surface area contributed by atoms with E-state index in [-0.39, 0.29) is 5.91 Å². The van der Waals surface area contributed by atoms with Crippen molar-refractivity contribution < 1.29 is 4.79 Å². The monoisotopic (exact) mass is 265 g/mol. The maximum atomic E-state index is 12.6. The Morgan fingerprint density at radius 3 is 2.74 bits per heavy atom. The third kappa shape index (κ3) is 3.13. The molecule has 0 atom stereocenters. The van der Waals surface area contributed by atoms with Crippen molar-refractivity contribution in [3.63, 3.8) is 0 Å². The number of amides is 1. The third-order valence-corrected chi connectivity index (χ3v) is 3.75. The molecule has 1 amide bonds. The number of likely N-dealkylation sites (N-methyl/N-ethyl adjacent to an activating group) is 1. The Morgan fingerprint density at radius 2 is 2.16 bits per heavy atom. The van der Waals surface area contributed by atoms with Gasteiger partial charge in [0.15, 0.2) is 0 Å². The van der Waals surface area contributed by atoms with E-state index in [0.717, 1.165) is 31.7 Å². The van der Waals surface area contributed by atoms with Gasteiger partial charge in [-0.1, -0.05) is 0 Å². The number of H-pyrrole nitrogens is 1. The Bertz CT molecular complexity index is 409. The van der Waals surface area contributed by atoms with E-state index in [1.165, 1.54) is 0 Å². The molecule has 6 nitrogen and oxygen atoms in total. The molecule has 106 valence electrons. The lowest BCUT2D eigenvalue weighted by atomic mass is 9.99. The standard InChI is InChI=1S/C13H23N5O/c1-13(2,18-6-4-14-5-7-18)12(19)17(3)10-11-8-15-16-9-11/h8-9,14H,4-7,10H2,1-3H3,(H,15,16). The number of nitrogens with zero attached hydrogens (tertiary/aromatic N) is 3. The Morgan fingerprint density at radius 1 is 1.47 bits per heavy atom. The highest BCUT2D eigenvalue weighted by atomic mass is 16.2. The summed E-state index contributed by atoms with van der Waals surface area (Å²) in [7, 11) is 1.85. The van der Waals surface area contributed by atoms with Gasteiger partial charge in [0.05, 0.1) is 11.7 Å². The number of aromatic amines is 1. The molecule has 2 heterocycles. The van der Waals surface area contributed by atoms with Crippen LogP contribution in [0.4, 0.5) is 0 Å². The smallest absolute Gasteiger partial charge is 0.242 e. The van der Waals surface area contributed by atoms with Gasteiger partial charge in [-0.2, -0.15) is 5.10 Å². The number of piperazine rings is 1. The molecule has 0 saturated carbocycles. The Balaban J connectivity index is 2.00. The molecule has 19 heavy (non-hydrogen) atoms. The van der Waals surface area contributed by atoms with Crippen LogP contribution in [0.15, 0.2) is 12.4 Å². The summed E-state index contributed by atoms with van der Waals surface area (Å²) in [5, 5.41) is 9.99. The lowest BCUT2D eigenvalue weighted by Crippen LogP contribution is -2.60. The molecule has 0 bridgehead atoms. The second kappa shape index (κ2) is 5.71. The Hall–Kier alpha value is -1.40. The van der Waals surface area contributed by atoms with Crippen LogP contribution in [-0.4, -0.2) is 64.7 Å². The second-order valence-electron chi connectivity index (χ2n) is 5.56. The van der Waals surface area contributed by atoms with Crippen molar-refractivity contribution >= 4 is 5.91 Å². The molecule has 1 aromatic heterocycles. The van der Waals surface area contributed by atoms with E-state index in [1.54, 1.807) is 11.1 Å². The van der Waals surface area contributed by atoms with Gasteiger partial charge in [-0.3, -0.25) is 14.8 Å². The predicted molar refractivity (Wildman–Crippen MR) is 73.6 cm³/mol. The molecule has 0 spiro atoms. The van der Waals surface area contributed by atoms with Gasteiger partial charge in [0, 0.05) is 51.5 Å². The number of nitrogens with one attached hydrogen (secondary N) is 2. The van der Waals surface area contributed by atoms with Crippen LogP contribution in [0.1, 0.15) is 19.4 Å². The SMILES string of the molecule is CN(Cc1cn[nH]c1)C(=O)C(C)(C)N1CCNCC1. The van der Waals surface area contributed by atoms with E-state index < -0.39 is 5.54 Å². The van der Waals surface area contributed by atoms with Gasteiger partial charge >= 0.3 is 0 Å². The van der Waals surface area contributed by atoms with Crippen molar-refractivity contribution in [2.75, 3.05) is 33.2 Å². The zero-order valence-corrected chi connectivity index (χ0v) is 11.9. The maximum absolute atomic E-state index is 12.6. The number of rotatable bonds is 4. The van der Waals surface area contributed by atoms with Crippen LogP contribution in [0.25, 0.3) is 0 Å². The second-order valence-corrected chi connectivity index (χ2v) is 5.56. The molecule has 0 aliphatic carbocycles. The van der Waals surface area contributed by atoms with Crippen molar-refractivity contribution in [1.29, 1.82) is 0 Å². The van der Waals surface area contributed by atoms with Crippen molar-refractivity contribution in [2.24, 2.45) is 0 Å². The number of carbonyl (C=O) groups excluding carboxylic acids is 1. The summed E-state index contributed by atoms with van der Waals surface area (Å²) >= 11 is 0. The fourth-order valence-corrected chi connectivity index (χ4v) is 2.54. The molecule has 1 aromatic rings. The van der Waals surface area contributed by atoms with Gasteiger partial charge in [-0.15, -0.1) is 0 Å². The molecule has 0 aromatic carbocycles. The maximum Gasteiger partial charge on any atom is 0.242 e. The van der Waals surface area contributed by atoms with Crippen LogP contribution < -0.4 is 5.32 Å². The average molecular weight is 265 g/mol. The first kappa shape index (κ1) is 14.0. The van der Waals surface area contributed by atoms with Crippen LogP contribution in [0, 0.1) is 0 Å². The van der Waals surface area contributed by atoms with Gasteiger partial charge in [-0.05, 0) is 13.8 Å². The van der Waals surface area contributed by atoms with Crippen molar-refractivity contribution in [1.82, 2.24) is 25.3 Å². The molecule has 1 aliphatic rings. The zero-order valence-electron chi connectivity index (χ0n) is 11.9.